The van der Waals surface area contributed by atoms with Crippen LogP contribution in [0.3, 0.4) is 0 Å². The largest absolute Gasteiger partial charge is 1.00 e. The molecule has 0 saturated heterocycles. The van der Waals surface area contributed by atoms with Crippen molar-refractivity contribution in [2.75, 3.05) is 14.2 Å². The normalized spacial score (nSPS) is 23.3. The summed E-state index contributed by atoms with van der Waals surface area (Å²) in [5.41, 5.74) is 0.933. The molecule has 0 N–H and O–H groups in total. The van der Waals surface area contributed by atoms with Crippen LogP contribution in [0.2, 0.25) is 0 Å². The van der Waals surface area contributed by atoms with Gasteiger partial charge in [-0.1, -0.05) is 30.3 Å². The molecular weight excluding hydrogens is 289 g/mol. The van der Waals surface area contributed by atoms with Crippen molar-refractivity contribution in [3.8, 4) is 0 Å². The van der Waals surface area contributed by atoms with Crippen molar-refractivity contribution in [3.05, 3.63) is 35.9 Å². The van der Waals surface area contributed by atoms with E-state index in [1.807, 2.05) is 30.3 Å². The molecule has 1 saturated carbocycles. The van der Waals surface area contributed by atoms with Crippen LogP contribution in [0, 0.1) is 0 Å². The van der Waals surface area contributed by atoms with Crippen molar-refractivity contribution in [2.24, 2.45) is 0 Å². The smallest absolute Gasteiger partial charge is 1.00 e. The summed E-state index contributed by atoms with van der Waals surface area (Å²) in [4.78, 5) is 0. The van der Waals surface area contributed by atoms with Crippen LogP contribution in [-0.4, -0.2) is 32.0 Å². The third-order valence-corrected chi connectivity index (χ3v) is 3.80. The van der Waals surface area contributed by atoms with Gasteiger partial charge >= 0.3 is 29.6 Å². The first-order valence-electron chi connectivity index (χ1n) is 6.65. The fourth-order valence-corrected chi connectivity index (χ4v) is 2.55. The van der Waals surface area contributed by atoms with Crippen molar-refractivity contribution < 1.29 is 54.0 Å². The SMILES string of the molecule is COC1(OC)CCC(F)(F)CC1OCc1ccccc1.[H-].[Na+]. The standard InChI is InChI=1S/C15H20F2O3.Na.H/c1-18-15(19-2)9-8-14(16,17)10-13(15)20-11-12-6-4-3-5-7-12;;/h3-7,13H,8-11H2,1-2H3;;/q;+1;-1. The predicted octanol–water partition coefficient (Wildman–Crippen LogP) is 0.497. The van der Waals surface area contributed by atoms with E-state index in [1.165, 1.54) is 14.2 Å². The second-order valence-corrected chi connectivity index (χ2v) is 5.07. The van der Waals surface area contributed by atoms with E-state index in [0.29, 0.717) is 0 Å². The van der Waals surface area contributed by atoms with Gasteiger partial charge in [-0.15, -0.1) is 0 Å². The average molecular weight is 310 g/mol. The number of benzene rings is 1. The Morgan fingerprint density at radius 1 is 1.14 bits per heavy atom. The van der Waals surface area contributed by atoms with Gasteiger partial charge in [0.05, 0.1) is 6.61 Å². The van der Waals surface area contributed by atoms with E-state index in [4.69, 9.17) is 14.2 Å². The summed E-state index contributed by atoms with van der Waals surface area (Å²) in [6.45, 7) is 0.260. The first-order valence-corrected chi connectivity index (χ1v) is 6.65. The van der Waals surface area contributed by atoms with Crippen molar-refractivity contribution in [1.82, 2.24) is 0 Å². The molecule has 2 rings (SSSR count). The number of hydrogen-bond donors (Lipinski definition) is 0. The monoisotopic (exact) mass is 310 g/mol. The molecule has 1 unspecified atom stereocenters. The molecule has 0 bridgehead atoms. The molecule has 1 aliphatic carbocycles. The molecule has 1 aromatic carbocycles. The van der Waals surface area contributed by atoms with Crippen molar-refractivity contribution in [1.29, 1.82) is 0 Å². The predicted molar refractivity (Wildman–Crippen MR) is 71.7 cm³/mol. The topological polar surface area (TPSA) is 27.7 Å². The van der Waals surface area contributed by atoms with Crippen LogP contribution in [0.1, 0.15) is 26.3 Å². The van der Waals surface area contributed by atoms with Crippen molar-refractivity contribution >= 4 is 0 Å². The summed E-state index contributed by atoms with van der Waals surface area (Å²) in [5.74, 6) is -3.82. The van der Waals surface area contributed by atoms with Gasteiger partial charge in [0, 0.05) is 33.5 Å². The van der Waals surface area contributed by atoms with E-state index < -0.39 is 17.8 Å². The molecule has 0 radical (unpaired) electrons. The second kappa shape index (κ2) is 7.99. The van der Waals surface area contributed by atoms with Gasteiger partial charge in [0.15, 0.2) is 5.79 Å². The number of hydrogen-bond acceptors (Lipinski definition) is 3. The van der Waals surface area contributed by atoms with Crippen LogP contribution < -0.4 is 29.6 Å². The molecule has 0 heterocycles. The Morgan fingerprint density at radius 3 is 2.33 bits per heavy atom. The van der Waals surface area contributed by atoms with Crippen LogP contribution in [-0.2, 0) is 20.8 Å². The summed E-state index contributed by atoms with van der Waals surface area (Å²) in [6.07, 6.45) is -1.31. The third kappa shape index (κ3) is 4.71. The number of alkyl halides is 2. The third-order valence-electron chi connectivity index (χ3n) is 3.80. The molecule has 0 aliphatic heterocycles. The zero-order valence-electron chi connectivity index (χ0n) is 13.8. The molecule has 0 aromatic heterocycles. The Labute approximate surface area is 147 Å². The maximum Gasteiger partial charge on any atom is 1.00 e. The van der Waals surface area contributed by atoms with Gasteiger partial charge in [-0.3, -0.25) is 0 Å². The first-order chi connectivity index (χ1) is 9.51. The van der Waals surface area contributed by atoms with Gasteiger partial charge in [-0.05, 0) is 5.56 Å². The Morgan fingerprint density at radius 2 is 1.76 bits per heavy atom. The molecule has 0 amide bonds. The summed E-state index contributed by atoms with van der Waals surface area (Å²) < 4.78 is 43.6. The number of halogens is 2. The summed E-state index contributed by atoms with van der Waals surface area (Å²) >= 11 is 0. The van der Waals surface area contributed by atoms with Crippen LogP contribution >= 0.6 is 0 Å². The summed E-state index contributed by atoms with van der Waals surface area (Å²) in [7, 11) is 2.93. The molecular formula is C15H21F2NaO3. The molecule has 6 heteroatoms. The molecule has 0 spiro atoms. The number of methoxy groups -OCH3 is 2. The zero-order valence-corrected chi connectivity index (χ0v) is 14.8. The molecule has 1 atom stereocenters. The minimum Gasteiger partial charge on any atom is -1.00 e. The van der Waals surface area contributed by atoms with E-state index >= 15 is 0 Å². The molecule has 114 valence electrons. The van der Waals surface area contributed by atoms with E-state index in [-0.39, 0.29) is 56.9 Å². The second-order valence-electron chi connectivity index (χ2n) is 5.07. The average Bonchev–Trinajstić information content (AvgIpc) is 2.46. The van der Waals surface area contributed by atoms with Gasteiger partial charge in [-0.2, -0.15) is 0 Å². The van der Waals surface area contributed by atoms with Crippen LogP contribution in [0.15, 0.2) is 30.3 Å². The maximum atomic E-state index is 13.6. The minimum atomic E-state index is -2.73. The van der Waals surface area contributed by atoms with Gasteiger partial charge in [0.2, 0.25) is 0 Å². The Bertz CT molecular complexity index is 430. The van der Waals surface area contributed by atoms with Crippen LogP contribution in [0.4, 0.5) is 8.78 Å². The fraction of sp³-hybridized carbons (Fsp3) is 0.600. The molecule has 1 aromatic rings. The van der Waals surface area contributed by atoms with Crippen LogP contribution in [0.5, 0.6) is 0 Å². The Balaban J connectivity index is 0.00000220. The summed E-state index contributed by atoms with van der Waals surface area (Å²) in [5, 5.41) is 0. The van der Waals surface area contributed by atoms with Crippen molar-refractivity contribution in [2.45, 2.75) is 43.7 Å². The Hall–Kier alpha value is -0.0400. The Kier molecular flexibility index (Phi) is 7.24. The molecule has 3 nitrogen and oxygen atoms in total. The van der Waals surface area contributed by atoms with Gasteiger partial charge in [-0.25, -0.2) is 8.78 Å². The fourth-order valence-electron chi connectivity index (χ4n) is 2.55. The minimum absolute atomic E-state index is 0. The van der Waals surface area contributed by atoms with Crippen LogP contribution in [0.25, 0.3) is 0 Å². The number of rotatable bonds is 5. The van der Waals surface area contributed by atoms with E-state index in [1.54, 1.807) is 0 Å². The van der Waals surface area contributed by atoms with Gasteiger partial charge in [0.1, 0.15) is 6.10 Å². The maximum absolute atomic E-state index is 13.6. The molecule has 1 aliphatic rings. The zero-order chi connectivity index (χ0) is 14.6. The number of ether oxygens (including phenoxy) is 3. The van der Waals surface area contributed by atoms with Gasteiger partial charge in [0.25, 0.3) is 5.92 Å². The van der Waals surface area contributed by atoms with E-state index in [0.717, 1.165) is 5.56 Å². The quantitative estimate of drug-likeness (QED) is 0.585. The van der Waals surface area contributed by atoms with E-state index in [2.05, 4.69) is 0 Å². The molecule has 21 heavy (non-hydrogen) atoms. The van der Waals surface area contributed by atoms with E-state index in [9.17, 15) is 8.78 Å². The van der Waals surface area contributed by atoms with Crippen molar-refractivity contribution in [3.63, 3.8) is 0 Å². The summed E-state index contributed by atoms with van der Waals surface area (Å²) in [6, 6.07) is 9.44. The van der Waals surface area contributed by atoms with Gasteiger partial charge < -0.3 is 15.6 Å². The molecule has 1 fully saturated rings. The first kappa shape index (κ1) is 19.0.